The molecule has 2 heteroatoms. The number of halogens is 1. The van der Waals surface area contributed by atoms with Crippen LogP contribution in [0.1, 0.15) is 39.5 Å². The predicted octanol–water partition coefficient (Wildman–Crippen LogP) is 4.44. The van der Waals surface area contributed by atoms with Crippen LogP contribution in [0.25, 0.3) is 0 Å². The van der Waals surface area contributed by atoms with Crippen molar-refractivity contribution in [2.45, 2.75) is 58.2 Å². The Hall–Kier alpha value is 0.507. The third kappa shape index (κ3) is 5.21. The van der Waals surface area contributed by atoms with E-state index in [0.717, 1.165) is 5.50 Å². The van der Waals surface area contributed by atoms with E-state index in [1.165, 1.54) is 37.8 Å². The summed E-state index contributed by atoms with van der Waals surface area (Å²) in [5.74, 6) is 0. The Kier molecular flexibility index (Phi) is 7.26. The lowest BCUT2D eigenvalue weighted by Crippen LogP contribution is -2.32. The molecule has 0 aromatic heterocycles. The minimum Gasteiger partial charge on any atom is -0.130 e. The van der Waals surface area contributed by atoms with Gasteiger partial charge >= 0.3 is 0 Å². The van der Waals surface area contributed by atoms with Crippen molar-refractivity contribution in [2.24, 2.45) is 0 Å². The maximum Gasteiger partial charge on any atom is 0.0670 e. The van der Waals surface area contributed by atoms with Gasteiger partial charge in [0.1, 0.15) is 0 Å². The smallest absolute Gasteiger partial charge is 0.0670 e. The van der Waals surface area contributed by atoms with Gasteiger partial charge in [-0.25, -0.2) is 0 Å². The van der Waals surface area contributed by atoms with E-state index in [2.05, 4.69) is 20.4 Å². The molecule has 0 heterocycles. The topological polar surface area (TPSA) is 0 Å². The Morgan fingerprint density at radius 2 is 1.42 bits per heavy atom. The molecule has 0 unspecified atom stereocenters. The van der Waals surface area contributed by atoms with E-state index in [0.29, 0.717) is 0 Å². The molecular weight excluding hydrogens is 184 g/mol. The molecule has 12 heavy (non-hydrogen) atoms. The summed E-state index contributed by atoms with van der Waals surface area (Å²) in [7, 11) is -1.000. The first-order valence-electron chi connectivity index (χ1n) is 5.24. The van der Waals surface area contributed by atoms with Crippen molar-refractivity contribution in [2.75, 3.05) is 5.50 Å². The first-order valence-corrected chi connectivity index (χ1v) is 8.90. The van der Waals surface area contributed by atoms with Gasteiger partial charge < -0.3 is 0 Å². The van der Waals surface area contributed by atoms with Crippen LogP contribution in [-0.4, -0.2) is 13.6 Å². The van der Waals surface area contributed by atoms with Gasteiger partial charge in [-0.1, -0.05) is 58.2 Å². The minimum atomic E-state index is -1.000. The summed E-state index contributed by atoms with van der Waals surface area (Å²) in [5, 5.41) is 0. The number of unbranched alkanes of at least 4 members (excludes halogenated alkanes) is 2. The quantitative estimate of drug-likeness (QED) is 0.427. The van der Waals surface area contributed by atoms with Crippen LogP contribution in [0.3, 0.4) is 0 Å². The molecule has 0 nitrogen and oxygen atoms in total. The predicted molar refractivity (Wildman–Crippen MR) is 61.8 cm³/mol. The lowest BCUT2D eigenvalue weighted by molar-refractivity contribution is 0.829. The second kappa shape index (κ2) is 6.96. The Balaban J connectivity index is 3.70. The first kappa shape index (κ1) is 12.5. The van der Waals surface area contributed by atoms with Gasteiger partial charge in [-0.05, 0) is 0 Å². The Labute approximate surface area is 83.7 Å². The summed E-state index contributed by atoms with van der Waals surface area (Å²) >= 11 is 6.04. The third-order valence-corrected chi connectivity index (χ3v) is 8.29. The summed E-state index contributed by atoms with van der Waals surface area (Å²) in [5.41, 5.74) is 0.965. The highest BCUT2D eigenvalue weighted by Crippen LogP contribution is 2.22. The largest absolute Gasteiger partial charge is 0.130 e. The molecule has 0 aromatic carbocycles. The molecule has 0 N–H and O–H groups in total. The molecule has 0 fully saturated rings. The van der Waals surface area contributed by atoms with E-state index >= 15 is 0 Å². The number of hydrogen-bond acceptors (Lipinski definition) is 0. The highest BCUT2D eigenvalue weighted by atomic mass is 35.5. The van der Waals surface area contributed by atoms with Gasteiger partial charge in [-0.2, -0.15) is 0 Å². The van der Waals surface area contributed by atoms with Crippen molar-refractivity contribution in [3.8, 4) is 0 Å². The van der Waals surface area contributed by atoms with Crippen molar-refractivity contribution in [3.63, 3.8) is 0 Å². The SMILES string of the molecule is CCCC[Si](C)(CCl)CCCC. The molecule has 0 atom stereocenters. The highest BCUT2D eigenvalue weighted by Gasteiger charge is 2.23. The number of hydrogen-bond donors (Lipinski definition) is 0. The van der Waals surface area contributed by atoms with Crippen molar-refractivity contribution < 1.29 is 0 Å². The number of rotatable bonds is 7. The lowest BCUT2D eigenvalue weighted by Gasteiger charge is -2.24. The molecule has 0 spiro atoms. The van der Waals surface area contributed by atoms with Crippen LogP contribution in [0.15, 0.2) is 0 Å². The molecule has 74 valence electrons. The van der Waals surface area contributed by atoms with E-state index < -0.39 is 8.07 Å². The van der Waals surface area contributed by atoms with Crippen molar-refractivity contribution in [3.05, 3.63) is 0 Å². The van der Waals surface area contributed by atoms with E-state index in [4.69, 9.17) is 11.6 Å². The van der Waals surface area contributed by atoms with Gasteiger partial charge in [-0.15, -0.1) is 11.6 Å². The third-order valence-electron chi connectivity index (χ3n) is 2.59. The molecule has 0 aliphatic rings. The molecule has 0 aliphatic heterocycles. The van der Waals surface area contributed by atoms with Crippen LogP contribution in [0.4, 0.5) is 0 Å². The van der Waals surface area contributed by atoms with Gasteiger partial charge in [0, 0.05) is 5.50 Å². The highest BCUT2D eigenvalue weighted by molar-refractivity contribution is 6.84. The molecule has 0 radical (unpaired) electrons. The van der Waals surface area contributed by atoms with Crippen LogP contribution < -0.4 is 0 Å². The Morgan fingerprint density at radius 3 is 1.67 bits per heavy atom. The van der Waals surface area contributed by atoms with Gasteiger partial charge in [0.2, 0.25) is 0 Å². The summed E-state index contributed by atoms with van der Waals surface area (Å²) in [4.78, 5) is 0. The summed E-state index contributed by atoms with van der Waals surface area (Å²) in [6, 6.07) is 2.88. The fraction of sp³-hybridized carbons (Fsp3) is 1.00. The average Bonchev–Trinajstić information content (AvgIpc) is 2.11. The monoisotopic (exact) mass is 206 g/mol. The van der Waals surface area contributed by atoms with Crippen molar-refractivity contribution in [1.29, 1.82) is 0 Å². The second-order valence-electron chi connectivity index (χ2n) is 4.15. The number of alkyl halides is 1. The normalized spacial score (nSPS) is 12.0. The first-order chi connectivity index (χ1) is 5.68. The zero-order valence-corrected chi connectivity index (χ0v) is 10.6. The molecular formula is C10H23ClSi. The molecule has 0 rings (SSSR count). The molecule has 0 bridgehead atoms. The second-order valence-corrected chi connectivity index (χ2v) is 9.84. The zero-order chi connectivity index (χ0) is 9.45. The maximum absolute atomic E-state index is 6.04. The van der Waals surface area contributed by atoms with Crippen LogP contribution in [0.2, 0.25) is 18.6 Å². The summed E-state index contributed by atoms with van der Waals surface area (Å²) in [6.07, 6.45) is 5.43. The standard InChI is InChI=1S/C10H23ClSi/c1-4-6-8-12(3,10-11)9-7-5-2/h4-10H2,1-3H3. The van der Waals surface area contributed by atoms with Crippen LogP contribution in [0, 0.1) is 0 Å². The fourth-order valence-electron chi connectivity index (χ4n) is 1.47. The lowest BCUT2D eigenvalue weighted by atomic mass is 10.4. The molecule has 0 aliphatic carbocycles. The minimum absolute atomic E-state index is 0.965. The molecule has 0 aromatic rings. The fourth-order valence-corrected chi connectivity index (χ4v) is 5.20. The van der Waals surface area contributed by atoms with Crippen molar-refractivity contribution >= 4 is 19.7 Å². The van der Waals surface area contributed by atoms with E-state index in [9.17, 15) is 0 Å². The molecule has 0 saturated carbocycles. The Bertz CT molecular complexity index is 96.0. The van der Waals surface area contributed by atoms with Crippen LogP contribution >= 0.6 is 11.6 Å². The van der Waals surface area contributed by atoms with Gasteiger partial charge in [-0.3, -0.25) is 0 Å². The average molecular weight is 207 g/mol. The van der Waals surface area contributed by atoms with E-state index in [-0.39, 0.29) is 0 Å². The molecule has 0 saturated heterocycles. The van der Waals surface area contributed by atoms with E-state index in [1.54, 1.807) is 0 Å². The van der Waals surface area contributed by atoms with Crippen LogP contribution in [0.5, 0.6) is 0 Å². The summed E-state index contributed by atoms with van der Waals surface area (Å²) in [6.45, 7) is 7.00. The zero-order valence-electron chi connectivity index (χ0n) is 8.83. The van der Waals surface area contributed by atoms with Crippen LogP contribution in [-0.2, 0) is 0 Å². The maximum atomic E-state index is 6.04. The van der Waals surface area contributed by atoms with E-state index in [1.807, 2.05) is 0 Å². The molecule has 0 amide bonds. The van der Waals surface area contributed by atoms with Gasteiger partial charge in [0.15, 0.2) is 0 Å². The van der Waals surface area contributed by atoms with Crippen molar-refractivity contribution in [1.82, 2.24) is 0 Å². The van der Waals surface area contributed by atoms with Gasteiger partial charge in [0.05, 0.1) is 8.07 Å². The van der Waals surface area contributed by atoms with Gasteiger partial charge in [0.25, 0.3) is 0 Å². The summed E-state index contributed by atoms with van der Waals surface area (Å²) < 4.78 is 0. The Morgan fingerprint density at radius 1 is 1.00 bits per heavy atom.